The van der Waals surface area contributed by atoms with Crippen LogP contribution in [0.4, 0.5) is 0 Å². The molecule has 2 N–H and O–H groups in total. The molecule has 0 radical (unpaired) electrons. The second kappa shape index (κ2) is 4.35. The predicted molar refractivity (Wildman–Crippen MR) is 68.4 cm³/mol. The van der Waals surface area contributed by atoms with Gasteiger partial charge in [0, 0.05) is 6.54 Å². The Bertz CT molecular complexity index is 532. The normalized spacial score (nSPS) is 21.8. The van der Waals surface area contributed by atoms with Gasteiger partial charge in [-0.25, -0.2) is 9.59 Å². The highest BCUT2D eigenvalue weighted by Crippen LogP contribution is 2.33. The summed E-state index contributed by atoms with van der Waals surface area (Å²) in [5, 5.41) is 12.3. The average Bonchev–Trinajstić information content (AvgIpc) is 2.67. The SMILES string of the molecule is CC(C)(C)OC(=O)C1(C(=O)O)NCc2ccccc21. The van der Waals surface area contributed by atoms with Gasteiger partial charge in [0.05, 0.1) is 0 Å². The number of benzene rings is 1. The lowest BCUT2D eigenvalue weighted by atomic mass is 9.90. The molecule has 0 amide bonds. The van der Waals surface area contributed by atoms with Crippen LogP contribution in [0.3, 0.4) is 0 Å². The minimum absolute atomic E-state index is 0.335. The number of carbonyl (C=O) groups excluding carboxylic acids is 1. The molecule has 1 aromatic rings. The van der Waals surface area contributed by atoms with Gasteiger partial charge in [0.15, 0.2) is 0 Å². The van der Waals surface area contributed by atoms with E-state index in [0.717, 1.165) is 5.56 Å². The van der Waals surface area contributed by atoms with Crippen LogP contribution in [0.2, 0.25) is 0 Å². The highest BCUT2D eigenvalue weighted by molar-refractivity contribution is 6.06. The first-order valence-corrected chi connectivity index (χ1v) is 6.07. The third kappa shape index (κ3) is 2.21. The summed E-state index contributed by atoms with van der Waals surface area (Å²) in [6.07, 6.45) is 0. The Morgan fingerprint density at radius 1 is 1.32 bits per heavy atom. The number of fused-ring (bicyclic) bond motifs is 1. The number of ether oxygens (including phenoxy) is 1. The Morgan fingerprint density at radius 3 is 2.53 bits per heavy atom. The van der Waals surface area contributed by atoms with Crippen molar-refractivity contribution in [3.63, 3.8) is 0 Å². The van der Waals surface area contributed by atoms with Gasteiger partial charge in [0.2, 0.25) is 5.54 Å². The Kier molecular flexibility index (Phi) is 3.10. The van der Waals surface area contributed by atoms with E-state index < -0.39 is 23.1 Å². The highest BCUT2D eigenvalue weighted by atomic mass is 16.6. The maximum atomic E-state index is 12.3. The van der Waals surface area contributed by atoms with E-state index >= 15 is 0 Å². The van der Waals surface area contributed by atoms with Crippen molar-refractivity contribution in [1.29, 1.82) is 0 Å². The van der Waals surface area contributed by atoms with Crippen LogP contribution >= 0.6 is 0 Å². The molecular weight excluding hydrogens is 246 g/mol. The molecule has 0 saturated heterocycles. The van der Waals surface area contributed by atoms with Crippen molar-refractivity contribution in [1.82, 2.24) is 5.32 Å². The van der Waals surface area contributed by atoms with Gasteiger partial charge >= 0.3 is 11.9 Å². The van der Waals surface area contributed by atoms with Gasteiger partial charge in [0.25, 0.3) is 0 Å². The molecule has 0 aliphatic carbocycles. The lowest BCUT2D eigenvalue weighted by Crippen LogP contribution is -2.54. The number of esters is 1. The molecule has 0 bridgehead atoms. The molecule has 1 atom stereocenters. The van der Waals surface area contributed by atoms with Gasteiger partial charge < -0.3 is 9.84 Å². The standard InChI is InChI=1S/C14H17NO4/c1-13(2,3)19-12(18)14(11(16)17)10-7-5-4-6-9(10)8-15-14/h4-7,15H,8H2,1-3H3,(H,16,17). The van der Waals surface area contributed by atoms with Crippen LogP contribution in [0.1, 0.15) is 31.9 Å². The summed E-state index contributed by atoms with van der Waals surface area (Å²) >= 11 is 0. The van der Waals surface area contributed by atoms with Crippen molar-refractivity contribution >= 4 is 11.9 Å². The van der Waals surface area contributed by atoms with Crippen LogP contribution in [0.25, 0.3) is 0 Å². The summed E-state index contributed by atoms with van der Waals surface area (Å²) in [4.78, 5) is 24.0. The van der Waals surface area contributed by atoms with Gasteiger partial charge in [-0.15, -0.1) is 0 Å². The van der Waals surface area contributed by atoms with Crippen molar-refractivity contribution in [2.75, 3.05) is 0 Å². The van der Waals surface area contributed by atoms with E-state index in [2.05, 4.69) is 5.32 Å². The third-order valence-corrected chi connectivity index (χ3v) is 2.99. The zero-order chi connectivity index (χ0) is 14.3. The fourth-order valence-corrected chi connectivity index (χ4v) is 2.18. The van der Waals surface area contributed by atoms with Crippen LogP contribution in [0.15, 0.2) is 24.3 Å². The summed E-state index contributed by atoms with van der Waals surface area (Å²) in [6.45, 7) is 5.46. The summed E-state index contributed by atoms with van der Waals surface area (Å²) in [5.41, 5.74) is -1.28. The molecule has 0 aromatic heterocycles. The first-order chi connectivity index (χ1) is 8.77. The molecule has 1 heterocycles. The van der Waals surface area contributed by atoms with E-state index in [0.29, 0.717) is 12.1 Å². The van der Waals surface area contributed by atoms with Crippen molar-refractivity contribution < 1.29 is 19.4 Å². The topological polar surface area (TPSA) is 75.6 Å². The minimum Gasteiger partial charge on any atom is -0.479 e. The first kappa shape index (κ1) is 13.5. The van der Waals surface area contributed by atoms with E-state index in [-0.39, 0.29) is 0 Å². The van der Waals surface area contributed by atoms with E-state index in [9.17, 15) is 14.7 Å². The molecular formula is C14H17NO4. The number of nitrogens with one attached hydrogen (secondary N) is 1. The minimum atomic E-state index is -1.80. The summed E-state index contributed by atoms with van der Waals surface area (Å²) in [5.74, 6) is -2.02. The zero-order valence-corrected chi connectivity index (χ0v) is 11.2. The Balaban J connectivity index is 2.48. The Labute approximate surface area is 111 Å². The second-order valence-electron chi connectivity index (χ2n) is 5.57. The number of hydrogen-bond donors (Lipinski definition) is 2. The molecule has 1 aliphatic heterocycles. The highest BCUT2D eigenvalue weighted by Gasteiger charge is 2.54. The lowest BCUT2D eigenvalue weighted by molar-refractivity contribution is -0.171. The molecule has 2 rings (SSSR count). The quantitative estimate of drug-likeness (QED) is 0.623. The van der Waals surface area contributed by atoms with Gasteiger partial charge in [-0.1, -0.05) is 24.3 Å². The first-order valence-electron chi connectivity index (χ1n) is 6.07. The molecule has 0 fully saturated rings. The van der Waals surface area contributed by atoms with E-state index in [1.54, 1.807) is 39.0 Å². The summed E-state index contributed by atoms with van der Waals surface area (Å²) < 4.78 is 5.26. The van der Waals surface area contributed by atoms with Crippen molar-refractivity contribution in [2.24, 2.45) is 0 Å². The number of hydrogen-bond acceptors (Lipinski definition) is 4. The Hall–Kier alpha value is -1.88. The van der Waals surface area contributed by atoms with Gasteiger partial charge in [-0.2, -0.15) is 0 Å². The summed E-state index contributed by atoms with van der Waals surface area (Å²) in [6, 6.07) is 6.98. The predicted octanol–water partition coefficient (Wildman–Crippen LogP) is 1.41. The van der Waals surface area contributed by atoms with E-state index in [4.69, 9.17) is 4.74 Å². The van der Waals surface area contributed by atoms with Crippen molar-refractivity contribution in [3.8, 4) is 0 Å². The average molecular weight is 263 g/mol. The largest absolute Gasteiger partial charge is 0.479 e. The third-order valence-electron chi connectivity index (χ3n) is 2.99. The van der Waals surface area contributed by atoms with Gasteiger partial charge in [-0.05, 0) is 31.9 Å². The van der Waals surface area contributed by atoms with E-state index in [1.807, 2.05) is 6.07 Å². The lowest BCUT2D eigenvalue weighted by Gasteiger charge is -2.28. The molecule has 0 saturated carbocycles. The van der Waals surface area contributed by atoms with Crippen molar-refractivity contribution in [2.45, 2.75) is 38.5 Å². The maximum Gasteiger partial charge on any atom is 0.343 e. The fraction of sp³-hybridized carbons (Fsp3) is 0.429. The molecule has 5 nitrogen and oxygen atoms in total. The number of carboxylic acid groups (broad SMARTS) is 1. The molecule has 1 aromatic carbocycles. The molecule has 5 heteroatoms. The number of aliphatic carboxylic acids is 1. The van der Waals surface area contributed by atoms with Crippen molar-refractivity contribution in [3.05, 3.63) is 35.4 Å². The number of carbonyl (C=O) groups is 2. The fourth-order valence-electron chi connectivity index (χ4n) is 2.18. The van der Waals surface area contributed by atoms with Gasteiger partial charge in [-0.3, -0.25) is 5.32 Å². The van der Waals surface area contributed by atoms with E-state index in [1.165, 1.54) is 0 Å². The van der Waals surface area contributed by atoms with Crippen LogP contribution < -0.4 is 5.32 Å². The van der Waals surface area contributed by atoms with Crippen LogP contribution in [-0.2, 0) is 26.4 Å². The molecule has 19 heavy (non-hydrogen) atoms. The molecule has 1 aliphatic rings. The zero-order valence-electron chi connectivity index (χ0n) is 11.2. The summed E-state index contributed by atoms with van der Waals surface area (Å²) in [7, 11) is 0. The Morgan fingerprint density at radius 2 is 1.95 bits per heavy atom. The van der Waals surface area contributed by atoms with Crippen LogP contribution in [0.5, 0.6) is 0 Å². The second-order valence-corrected chi connectivity index (χ2v) is 5.57. The monoisotopic (exact) mass is 263 g/mol. The smallest absolute Gasteiger partial charge is 0.343 e. The molecule has 1 unspecified atom stereocenters. The van der Waals surface area contributed by atoms with Gasteiger partial charge in [0.1, 0.15) is 5.60 Å². The number of rotatable bonds is 2. The molecule has 0 spiro atoms. The van der Waals surface area contributed by atoms with Crippen LogP contribution in [-0.4, -0.2) is 22.6 Å². The van der Waals surface area contributed by atoms with Crippen LogP contribution in [0, 0.1) is 0 Å². The maximum absolute atomic E-state index is 12.3. The molecule has 102 valence electrons. The number of carboxylic acids is 1.